The van der Waals surface area contributed by atoms with Gasteiger partial charge >= 0.3 is 5.97 Å². The van der Waals surface area contributed by atoms with Crippen molar-refractivity contribution in [3.05, 3.63) is 53.6 Å². The molecule has 0 saturated heterocycles. The molecule has 2 heteroatoms. The summed E-state index contributed by atoms with van der Waals surface area (Å²) in [4.78, 5) is 11.5. The zero-order valence-electron chi connectivity index (χ0n) is 12.1. The first-order valence-corrected chi connectivity index (χ1v) is 7.43. The largest absolute Gasteiger partial charge is 0.463 e. The van der Waals surface area contributed by atoms with Gasteiger partial charge in [-0.2, -0.15) is 0 Å². The third-order valence-corrected chi connectivity index (χ3v) is 3.60. The maximum absolute atomic E-state index is 11.5. The van der Waals surface area contributed by atoms with Gasteiger partial charge in [0.15, 0.2) is 0 Å². The second-order valence-corrected chi connectivity index (χ2v) is 5.03. The first kappa shape index (κ1) is 14.6. The number of esters is 1. The Hall–Kier alpha value is -1.83. The number of ether oxygens (including phenoxy) is 1. The number of benzene rings is 1. The van der Waals surface area contributed by atoms with Crippen molar-refractivity contribution in [2.75, 3.05) is 6.61 Å². The molecule has 1 aromatic rings. The lowest BCUT2D eigenvalue weighted by atomic mass is 9.88. The molecule has 1 aliphatic rings. The van der Waals surface area contributed by atoms with Crippen LogP contribution in [0.4, 0.5) is 0 Å². The Bertz CT molecular complexity index is 489. The van der Waals surface area contributed by atoms with E-state index in [9.17, 15) is 4.79 Å². The van der Waals surface area contributed by atoms with Crippen LogP contribution in [-0.4, -0.2) is 12.6 Å². The molecule has 1 fully saturated rings. The summed E-state index contributed by atoms with van der Waals surface area (Å²) >= 11 is 0. The molecule has 0 radical (unpaired) electrons. The van der Waals surface area contributed by atoms with E-state index in [0.29, 0.717) is 6.61 Å². The molecule has 0 amide bonds. The molecule has 0 aromatic heterocycles. The second kappa shape index (κ2) is 7.68. The van der Waals surface area contributed by atoms with Gasteiger partial charge in [-0.1, -0.05) is 42.3 Å². The first-order valence-electron chi connectivity index (χ1n) is 7.43. The fourth-order valence-electron chi connectivity index (χ4n) is 2.63. The highest BCUT2D eigenvalue weighted by Crippen LogP contribution is 2.31. The van der Waals surface area contributed by atoms with E-state index in [1.807, 2.05) is 31.2 Å². The number of hydrogen-bond acceptors (Lipinski definition) is 2. The summed E-state index contributed by atoms with van der Waals surface area (Å²) in [5, 5.41) is 0. The smallest absolute Gasteiger partial charge is 0.330 e. The molecule has 1 aromatic carbocycles. The third-order valence-electron chi connectivity index (χ3n) is 3.60. The van der Waals surface area contributed by atoms with E-state index in [4.69, 9.17) is 4.74 Å². The van der Waals surface area contributed by atoms with Gasteiger partial charge in [0.05, 0.1) is 6.61 Å². The monoisotopic (exact) mass is 270 g/mol. The van der Waals surface area contributed by atoms with E-state index >= 15 is 0 Å². The van der Waals surface area contributed by atoms with E-state index in [1.165, 1.54) is 36.0 Å². The van der Waals surface area contributed by atoms with Gasteiger partial charge < -0.3 is 4.74 Å². The summed E-state index contributed by atoms with van der Waals surface area (Å²) in [5.41, 5.74) is 3.84. The third kappa shape index (κ3) is 4.09. The van der Waals surface area contributed by atoms with Crippen molar-refractivity contribution in [2.24, 2.45) is 0 Å². The predicted octanol–water partition coefficient (Wildman–Crippen LogP) is 4.52. The van der Waals surface area contributed by atoms with Crippen LogP contribution in [0.1, 0.15) is 44.6 Å². The lowest BCUT2D eigenvalue weighted by molar-refractivity contribution is -0.137. The van der Waals surface area contributed by atoms with Crippen LogP contribution in [0.5, 0.6) is 0 Å². The molecule has 1 saturated carbocycles. The van der Waals surface area contributed by atoms with Crippen molar-refractivity contribution in [1.29, 1.82) is 0 Å². The van der Waals surface area contributed by atoms with Crippen molar-refractivity contribution in [3.63, 3.8) is 0 Å². The van der Waals surface area contributed by atoms with E-state index < -0.39 is 0 Å². The molecular weight excluding hydrogens is 248 g/mol. The van der Waals surface area contributed by atoms with E-state index in [-0.39, 0.29) is 5.97 Å². The fraction of sp³-hybridized carbons (Fsp3) is 0.389. The van der Waals surface area contributed by atoms with Crippen molar-refractivity contribution < 1.29 is 9.53 Å². The molecule has 0 aliphatic heterocycles. The van der Waals surface area contributed by atoms with Gasteiger partial charge in [-0.15, -0.1) is 0 Å². The lowest BCUT2D eigenvalue weighted by Gasteiger charge is -2.18. The summed E-state index contributed by atoms with van der Waals surface area (Å²) in [6.07, 6.45) is 9.56. The van der Waals surface area contributed by atoms with E-state index in [1.54, 1.807) is 6.08 Å². The quantitative estimate of drug-likeness (QED) is 0.594. The molecular formula is C18H22O2. The minimum atomic E-state index is -0.266. The van der Waals surface area contributed by atoms with Crippen molar-refractivity contribution in [2.45, 2.75) is 39.0 Å². The maximum Gasteiger partial charge on any atom is 0.330 e. The van der Waals surface area contributed by atoms with Gasteiger partial charge in [0.25, 0.3) is 0 Å². The molecule has 2 nitrogen and oxygen atoms in total. The lowest BCUT2D eigenvalue weighted by Crippen LogP contribution is -2.01. The summed E-state index contributed by atoms with van der Waals surface area (Å²) in [6, 6.07) is 10.3. The Balaban J connectivity index is 2.27. The maximum atomic E-state index is 11.5. The fourth-order valence-corrected chi connectivity index (χ4v) is 2.63. The topological polar surface area (TPSA) is 26.3 Å². The Labute approximate surface area is 121 Å². The molecule has 0 N–H and O–H groups in total. The van der Waals surface area contributed by atoms with Crippen LogP contribution in [0.15, 0.2) is 48.1 Å². The average Bonchev–Trinajstić information content (AvgIpc) is 2.50. The minimum absolute atomic E-state index is 0.266. The van der Waals surface area contributed by atoms with E-state index in [0.717, 1.165) is 12.8 Å². The second-order valence-electron chi connectivity index (χ2n) is 5.03. The summed E-state index contributed by atoms with van der Waals surface area (Å²) in [5.74, 6) is -0.266. The van der Waals surface area contributed by atoms with Crippen LogP contribution >= 0.6 is 0 Å². The van der Waals surface area contributed by atoms with Crippen molar-refractivity contribution in [1.82, 2.24) is 0 Å². The van der Waals surface area contributed by atoms with Gasteiger partial charge in [-0.05, 0) is 49.8 Å². The first-order chi connectivity index (χ1) is 9.81. The number of carbonyl (C=O) groups excluding carboxylic acids is 1. The standard InChI is InChI=1S/C18H22O2/c1-2-20-18(19)14-13-17(15-9-5-3-6-10-15)16-11-7-4-8-12-16/h3,5-6,9-10,13-14H,2,4,7-8,11-12H2,1H3/b14-13+. The van der Waals surface area contributed by atoms with Crippen molar-refractivity contribution >= 4 is 11.5 Å². The van der Waals surface area contributed by atoms with Gasteiger partial charge in [-0.25, -0.2) is 4.79 Å². The van der Waals surface area contributed by atoms with Crippen LogP contribution in [0.3, 0.4) is 0 Å². The summed E-state index contributed by atoms with van der Waals surface area (Å²) in [7, 11) is 0. The predicted molar refractivity (Wildman–Crippen MR) is 82.2 cm³/mol. The van der Waals surface area contributed by atoms with Crippen LogP contribution in [0, 0.1) is 0 Å². The van der Waals surface area contributed by atoms with Gasteiger partial charge in [0.1, 0.15) is 0 Å². The molecule has 0 unspecified atom stereocenters. The van der Waals surface area contributed by atoms with Gasteiger partial charge in [0.2, 0.25) is 0 Å². The zero-order valence-corrected chi connectivity index (χ0v) is 12.1. The molecule has 2 rings (SSSR count). The summed E-state index contributed by atoms with van der Waals surface area (Å²) < 4.78 is 4.97. The highest BCUT2D eigenvalue weighted by Gasteiger charge is 2.11. The number of rotatable bonds is 4. The Morgan fingerprint density at radius 3 is 2.45 bits per heavy atom. The van der Waals surface area contributed by atoms with E-state index in [2.05, 4.69) is 12.1 Å². The Morgan fingerprint density at radius 2 is 1.80 bits per heavy atom. The molecule has 1 aliphatic carbocycles. The number of hydrogen-bond donors (Lipinski definition) is 0. The molecule has 0 bridgehead atoms. The molecule has 0 atom stereocenters. The SMILES string of the molecule is CCOC(=O)/C=C/C(=C1CCCCC1)c1ccccc1. The van der Waals surface area contributed by atoms with Crippen LogP contribution < -0.4 is 0 Å². The van der Waals surface area contributed by atoms with Gasteiger partial charge in [-0.3, -0.25) is 0 Å². The van der Waals surface area contributed by atoms with Crippen LogP contribution in [0.2, 0.25) is 0 Å². The Morgan fingerprint density at radius 1 is 1.10 bits per heavy atom. The molecule has 20 heavy (non-hydrogen) atoms. The summed E-state index contributed by atoms with van der Waals surface area (Å²) in [6.45, 7) is 2.24. The molecule has 0 spiro atoms. The highest BCUT2D eigenvalue weighted by atomic mass is 16.5. The van der Waals surface area contributed by atoms with Crippen LogP contribution in [-0.2, 0) is 9.53 Å². The minimum Gasteiger partial charge on any atom is -0.463 e. The Kier molecular flexibility index (Phi) is 5.60. The number of carbonyl (C=O) groups is 1. The van der Waals surface area contributed by atoms with Gasteiger partial charge in [0, 0.05) is 6.08 Å². The molecule has 0 heterocycles. The molecule has 106 valence electrons. The average molecular weight is 270 g/mol. The van der Waals surface area contributed by atoms with Crippen LogP contribution in [0.25, 0.3) is 5.57 Å². The number of allylic oxidation sites excluding steroid dienone is 3. The zero-order chi connectivity index (χ0) is 14.2. The normalized spacial score (nSPS) is 15.3. The van der Waals surface area contributed by atoms with Crippen molar-refractivity contribution in [3.8, 4) is 0 Å². The highest BCUT2D eigenvalue weighted by molar-refractivity contribution is 5.88.